The third kappa shape index (κ3) is 2.57. The Kier molecular flexibility index (Phi) is 4.27. The molecule has 0 bridgehead atoms. The lowest BCUT2D eigenvalue weighted by atomic mass is 9.90. The molecule has 3 heteroatoms. The SMILES string of the molecule is CCN(C1CCCCC1)C1COc2ccccc2C1N. The number of nitrogens with zero attached hydrogens (tertiary/aromatic N) is 1. The largest absolute Gasteiger partial charge is 0.492 e. The monoisotopic (exact) mass is 274 g/mol. The summed E-state index contributed by atoms with van der Waals surface area (Å²) < 4.78 is 5.96. The molecule has 1 saturated carbocycles. The van der Waals surface area contributed by atoms with Gasteiger partial charge in [0.15, 0.2) is 0 Å². The maximum absolute atomic E-state index is 6.55. The summed E-state index contributed by atoms with van der Waals surface area (Å²) in [5.41, 5.74) is 7.72. The van der Waals surface area contributed by atoms with Gasteiger partial charge in [0.05, 0.1) is 12.1 Å². The second kappa shape index (κ2) is 6.15. The number of hydrogen-bond acceptors (Lipinski definition) is 3. The van der Waals surface area contributed by atoms with Gasteiger partial charge in [0, 0.05) is 11.6 Å². The molecule has 2 atom stereocenters. The number of rotatable bonds is 3. The summed E-state index contributed by atoms with van der Waals surface area (Å²) in [7, 11) is 0. The van der Waals surface area contributed by atoms with Gasteiger partial charge in [0.1, 0.15) is 12.4 Å². The molecule has 0 spiro atoms. The number of fused-ring (bicyclic) bond motifs is 1. The van der Waals surface area contributed by atoms with Crippen molar-refractivity contribution in [3.8, 4) is 5.75 Å². The van der Waals surface area contributed by atoms with Gasteiger partial charge in [-0.05, 0) is 25.5 Å². The number of benzene rings is 1. The molecule has 20 heavy (non-hydrogen) atoms. The van der Waals surface area contributed by atoms with E-state index < -0.39 is 0 Å². The van der Waals surface area contributed by atoms with Crippen molar-refractivity contribution in [3.05, 3.63) is 29.8 Å². The molecule has 1 aliphatic carbocycles. The Morgan fingerprint density at radius 1 is 1.20 bits per heavy atom. The van der Waals surface area contributed by atoms with Crippen molar-refractivity contribution in [1.29, 1.82) is 0 Å². The van der Waals surface area contributed by atoms with E-state index in [2.05, 4.69) is 24.0 Å². The van der Waals surface area contributed by atoms with Crippen LogP contribution < -0.4 is 10.5 Å². The fourth-order valence-corrected chi connectivity index (χ4v) is 3.85. The summed E-state index contributed by atoms with van der Waals surface area (Å²) in [5, 5.41) is 0. The van der Waals surface area contributed by atoms with Crippen LogP contribution in [-0.2, 0) is 0 Å². The Morgan fingerprint density at radius 3 is 2.70 bits per heavy atom. The lowest BCUT2D eigenvalue weighted by Gasteiger charge is -2.43. The first kappa shape index (κ1) is 13.9. The lowest BCUT2D eigenvalue weighted by molar-refractivity contribution is 0.0507. The first-order valence-electron chi connectivity index (χ1n) is 8.04. The van der Waals surface area contributed by atoms with Crippen LogP contribution >= 0.6 is 0 Å². The number of para-hydroxylation sites is 1. The van der Waals surface area contributed by atoms with E-state index in [-0.39, 0.29) is 6.04 Å². The van der Waals surface area contributed by atoms with Crippen molar-refractivity contribution in [2.75, 3.05) is 13.2 Å². The lowest BCUT2D eigenvalue weighted by Crippen LogP contribution is -2.53. The third-order valence-corrected chi connectivity index (χ3v) is 4.94. The summed E-state index contributed by atoms with van der Waals surface area (Å²) in [6, 6.07) is 9.30. The van der Waals surface area contributed by atoms with Gasteiger partial charge < -0.3 is 10.5 Å². The predicted molar refractivity (Wildman–Crippen MR) is 81.9 cm³/mol. The molecule has 1 aromatic carbocycles. The van der Waals surface area contributed by atoms with Gasteiger partial charge >= 0.3 is 0 Å². The van der Waals surface area contributed by atoms with Gasteiger partial charge in [-0.25, -0.2) is 0 Å². The van der Waals surface area contributed by atoms with Crippen molar-refractivity contribution < 1.29 is 4.74 Å². The van der Waals surface area contributed by atoms with Gasteiger partial charge in [0.2, 0.25) is 0 Å². The predicted octanol–water partition coefficient (Wildman–Crippen LogP) is 3.10. The molecule has 0 aromatic heterocycles. The quantitative estimate of drug-likeness (QED) is 0.920. The van der Waals surface area contributed by atoms with E-state index in [0.717, 1.165) is 24.5 Å². The molecule has 0 saturated heterocycles. The van der Waals surface area contributed by atoms with Crippen molar-refractivity contribution >= 4 is 0 Å². The van der Waals surface area contributed by atoms with Crippen LogP contribution in [0.2, 0.25) is 0 Å². The van der Waals surface area contributed by atoms with E-state index >= 15 is 0 Å². The zero-order chi connectivity index (χ0) is 13.9. The minimum absolute atomic E-state index is 0.0711. The second-order valence-electron chi connectivity index (χ2n) is 6.06. The molecule has 1 aliphatic heterocycles. The fourth-order valence-electron chi connectivity index (χ4n) is 3.85. The molecule has 2 N–H and O–H groups in total. The van der Waals surface area contributed by atoms with Gasteiger partial charge in [-0.2, -0.15) is 0 Å². The fraction of sp³-hybridized carbons (Fsp3) is 0.647. The third-order valence-electron chi connectivity index (χ3n) is 4.94. The minimum Gasteiger partial charge on any atom is -0.492 e. The van der Waals surface area contributed by atoms with Crippen LogP contribution in [0.5, 0.6) is 5.75 Å². The Labute approximate surface area is 122 Å². The zero-order valence-corrected chi connectivity index (χ0v) is 12.4. The number of nitrogens with two attached hydrogens (primary N) is 1. The summed E-state index contributed by atoms with van der Waals surface area (Å²) in [5.74, 6) is 0.968. The zero-order valence-electron chi connectivity index (χ0n) is 12.4. The molecule has 1 heterocycles. The highest BCUT2D eigenvalue weighted by Crippen LogP contribution is 2.35. The average Bonchev–Trinajstić information content (AvgIpc) is 2.51. The number of hydrogen-bond donors (Lipinski definition) is 1. The molecule has 3 nitrogen and oxygen atoms in total. The Bertz CT molecular complexity index is 442. The normalized spacial score (nSPS) is 27.1. The number of likely N-dealkylation sites (N-methyl/N-ethyl adjacent to an activating group) is 1. The molecule has 1 aromatic rings. The van der Waals surface area contributed by atoms with Gasteiger partial charge in [-0.1, -0.05) is 44.4 Å². The van der Waals surface area contributed by atoms with Crippen LogP contribution in [0.3, 0.4) is 0 Å². The second-order valence-corrected chi connectivity index (χ2v) is 6.06. The molecule has 110 valence electrons. The van der Waals surface area contributed by atoms with E-state index in [1.54, 1.807) is 0 Å². The van der Waals surface area contributed by atoms with Gasteiger partial charge in [-0.15, -0.1) is 0 Å². The Hall–Kier alpha value is -1.06. The molecule has 0 amide bonds. The van der Waals surface area contributed by atoms with Crippen molar-refractivity contribution in [2.45, 2.75) is 57.2 Å². The van der Waals surface area contributed by atoms with Crippen LogP contribution in [0, 0.1) is 0 Å². The van der Waals surface area contributed by atoms with Crippen molar-refractivity contribution in [1.82, 2.24) is 4.90 Å². The highest BCUT2D eigenvalue weighted by atomic mass is 16.5. The van der Waals surface area contributed by atoms with Crippen molar-refractivity contribution in [2.24, 2.45) is 5.73 Å². The maximum Gasteiger partial charge on any atom is 0.124 e. The molecule has 1 fully saturated rings. The van der Waals surface area contributed by atoms with Gasteiger partial charge in [-0.3, -0.25) is 4.90 Å². The van der Waals surface area contributed by atoms with Gasteiger partial charge in [0.25, 0.3) is 0 Å². The standard InChI is InChI=1S/C17H26N2O/c1-2-19(13-8-4-3-5-9-13)15-12-20-16-11-7-6-10-14(16)17(15)18/h6-7,10-11,13,15,17H,2-5,8-9,12,18H2,1H3. The van der Waals surface area contributed by atoms with Crippen LogP contribution in [0.4, 0.5) is 0 Å². The van der Waals surface area contributed by atoms with E-state index in [0.29, 0.717) is 12.1 Å². The molecule has 2 unspecified atom stereocenters. The maximum atomic E-state index is 6.55. The first-order valence-corrected chi connectivity index (χ1v) is 8.04. The van der Waals surface area contributed by atoms with Crippen LogP contribution in [0.1, 0.15) is 50.6 Å². The summed E-state index contributed by atoms with van der Waals surface area (Å²) in [6.45, 7) is 4.04. The summed E-state index contributed by atoms with van der Waals surface area (Å²) in [6.07, 6.45) is 6.75. The van der Waals surface area contributed by atoms with E-state index in [1.165, 1.54) is 32.1 Å². The highest BCUT2D eigenvalue weighted by molar-refractivity contribution is 5.38. The van der Waals surface area contributed by atoms with E-state index in [1.807, 2.05) is 12.1 Å². The number of ether oxygens (including phenoxy) is 1. The van der Waals surface area contributed by atoms with E-state index in [4.69, 9.17) is 10.5 Å². The van der Waals surface area contributed by atoms with Crippen molar-refractivity contribution in [3.63, 3.8) is 0 Å². The van der Waals surface area contributed by atoms with E-state index in [9.17, 15) is 0 Å². The Morgan fingerprint density at radius 2 is 1.95 bits per heavy atom. The smallest absolute Gasteiger partial charge is 0.124 e. The topological polar surface area (TPSA) is 38.5 Å². The average molecular weight is 274 g/mol. The molecule has 2 aliphatic rings. The summed E-state index contributed by atoms with van der Waals surface area (Å²) >= 11 is 0. The van der Waals surface area contributed by atoms with Crippen LogP contribution in [-0.4, -0.2) is 30.1 Å². The highest BCUT2D eigenvalue weighted by Gasteiger charge is 2.35. The molecular weight excluding hydrogens is 248 g/mol. The van der Waals surface area contributed by atoms with Crippen LogP contribution in [0.25, 0.3) is 0 Å². The summed E-state index contributed by atoms with van der Waals surface area (Å²) in [4.78, 5) is 2.60. The van der Waals surface area contributed by atoms with Crippen LogP contribution in [0.15, 0.2) is 24.3 Å². The minimum atomic E-state index is 0.0711. The molecule has 0 radical (unpaired) electrons. The molecule has 3 rings (SSSR count). The Balaban J connectivity index is 1.79. The molecular formula is C17H26N2O. The first-order chi connectivity index (χ1) is 9.81.